The fourth-order valence-electron chi connectivity index (χ4n) is 3.00. The SMILES string of the molecule is CC(C)c1ccc(C(C)C)c(PC(=O)c2c(C(F)(F)F)cccc2C(F)(F)F)c1. The first-order chi connectivity index (χ1) is 13.2. The van der Waals surface area contributed by atoms with Crippen LogP contribution >= 0.6 is 8.58 Å². The van der Waals surface area contributed by atoms with Gasteiger partial charge >= 0.3 is 12.4 Å². The zero-order valence-corrected chi connectivity index (χ0v) is 17.3. The first kappa shape index (κ1) is 23.4. The van der Waals surface area contributed by atoms with E-state index in [1.54, 1.807) is 12.1 Å². The predicted molar refractivity (Wildman–Crippen MR) is 103 cm³/mol. The van der Waals surface area contributed by atoms with Gasteiger partial charge in [-0.15, -0.1) is 0 Å². The van der Waals surface area contributed by atoms with Crippen LogP contribution in [0.2, 0.25) is 0 Å². The molecule has 0 saturated carbocycles. The van der Waals surface area contributed by atoms with Gasteiger partial charge in [-0.3, -0.25) is 4.79 Å². The van der Waals surface area contributed by atoms with Crippen LogP contribution < -0.4 is 5.30 Å². The molecule has 0 spiro atoms. The van der Waals surface area contributed by atoms with E-state index in [9.17, 15) is 31.1 Å². The molecule has 2 aromatic carbocycles. The summed E-state index contributed by atoms with van der Waals surface area (Å²) >= 11 is 0. The highest BCUT2D eigenvalue weighted by Crippen LogP contribution is 2.42. The molecule has 1 nitrogen and oxygen atoms in total. The molecule has 0 heterocycles. The van der Waals surface area contributed by atoms with Gasteiger partial charge in [0.15, 0.2) is 5.52 Å². The van der Waals surface area contributed by atoms with E-state index in [4.69, 9.17) is 0 Å². The molecule has 2 rings (SSSR count). The number of rotatable bonds is 5. The van der Waals surface area contributed by atoms with E-state index in [1.165, 1.54) is 0 Å². The summed E-state index contributed by atoms with van der Waals surface area (Å²) in [6, 6.07) is 7.06. The van der Waals surface area contributed by atoms with Gasteiger partial charge in [-0.2, -0.15) is 26.3 Å². The zero-order valence-electron chi connectivity index (χ0n) is 16.3. The quantitative estimate of drug-likeness (QED) is 0.362. The van der Waals surface area contributed by atoms with Gasteiger partial charge in [0.25, 0.3) is 0 Å². The highest BCUT2D eigenvalue weighted by Gasteiger charge is 2.42. The monoisotopic (exact) mass is 434 g/mol. The maximum Gasteiger partial charge on any atom is 0.417 e. The molecule has 0 saturated heterocycles. The van der Waals surface area contributed by atoms with Crippen molar-refractivity contribution in [2.24, 2.45) is 0 Å². The molecule has 29 heavy (non-hydrogen) atoms. The number of halogens is 6. The lowest BCUT2D eigenvalue weighted by atomic mass is 9.97. The number of benzene rings is 2. The molecule has 0 N–H and O–H groups in total. The van der Waals surface area contributed by atoms with E-state index in [-0.39, 0.29) is 11.8 Å². The van der Waals surface area contributed by atoms with Crippen molar-refractivity contribution in [2.45, 2.75) is 51.9 Å². The second-order valence-electron chi connectivity index (χ2n) is 7.33. The molecule has 8 heteroatoms. The zero-order chi connectivity index (χ0) is 22.1. The van der Waals surface area contributed by atoms with Crippen molar-refractivity contribution in [3.63, 3.8) is 0 Å². The van der Waals surface area contributed by atoms with Crippen LogP contribution in [0.4, 0.5) is 26.3 Å². The lowest BCUT2D eigenvalue weighted by Crippen LogP contribution is -2.20. The van der Waals surface area contributed by atoms with Crippen molar-refractivity contribution in [1.82, 2.24) is 0 Å². The number of hydrogen-bond acceptors (Lipinski definition) is 1. The first-order valence-corrected chi connectivity index (χ1v) is 9.96. The van der Waals surface area contributed by atoms with Crippen molar-refractivity contribution in [3.05, 3.63) is 64.2 Å². The van der Waals surface area contributed by atoms with Crippen molar-refractivity contribution in [1.29, 1.82) is 0 Å². The molecule has 1 unspecified atom stereocenters. The van der Waals surface area contributed by atoms with Gasteiger partial charge in [0, 0.05) is 5.56 Å². The standard InChI is InChI=1S/C21H21F6OP/c1-11(2)13-8-9-14(12(3)4)17(10-13)29-19(28)18-15(20(22,23)24)6-5-7-16(18)21(25,26)27/h5-12,29H,1-4H3. The number of hydrogen-bond donors (Lipinski definition) is 0. The Morgan fingerprint density at radius 1 is 0.828 bits per heavy atom. The molecule has 0 radical (unpaired) electrons. The number of carbonyl (C=O) groups excluding carboxylic acids is 1. The number of carbonyl (C=O) groups is 1. The van der Waals surface area contributed by atoms with Crippen LogP contribution in [-0.2, 0) is 12.4 Å². The summed E-state index contributed by atoms with van der Waals surface area (Å²) in [5, 5.41) is 0.473. The topological polar surface area (TPSA) is 17.1 Å². The minimum absolute atomic E-state index is 0.0357. The van der Waals surface area contributed by atoms with Crippen LogP contribution in [0.5, 0.6) is 0 Å². The minimum Gasteiger partial charge on any atom is -0.289 e. The summed E-state index contributed by atoms with van der Waals surface area (Å²) < 4.78 is 80.3. The molecule has 0 aliphatic rings. The third kappa shape index (κ3) is 5.39. The van der Waals surface area contributed by atoms with Gasteiger partial charge in [-0.05, 0) is 49.0 Å². The Labute approximate surface area is 167 Å². The van der Waals surface area contributed by atoms with Gasteiger partial charge < -0.3 is 0 Å². The van der Waals surface area contributed by atoms with E-state index in [2.05, 4.69) is 0 Å². The van der Waals surface area contributed by atoms with Gasteiger partial charge in [0.1, 0.15) is 0 Å². The van der Waals surface area contributed by atoms with Crippen molar-refractivity contribution in [3.8, 4) is 0 Å². The molecule has 0 fully saturated rings. The van der Waals surface area contributed by atoms with Gasteiger partial charge in [0.05, 0.1) is 11.1 Å². The smallest absolute Gasteiger partial charge is 0.289 e. The normalized spacial score (nSPS) is 13.1. The summed E-state index contributed by atoms with van der Waals surface area (Å²) in [4.78, 5) is 12.8. The molecular formula is C21H21F6OP. The van der Waals surface area contributed by atoms with Crippen molar-refractivity contribution < 1.29 is 31.1 Å². The van der Waals surface area contributed by atoms with E-state index >= 15 is 0 Å². The maximum absolute atomic E-state index is 13.4. The second kappa shape index (κ2) is 8.47. The van der Waals surface area contributed by atoms with Crippen molar-refractivity contribution in [2.75, 3.05) is 0 Å². The molecular weight excluding hydrogens is 413 g/mol. The summed E-state index contributed by atoms with van der Waals surface area (Å²) in [6.45, 7) is 7.54. The minimum atomic E-state index is -5.07. The highest BCUT2D eigenvalue weighted by atomic mass is 31.1. The molecule has 158 valence electrons. The van der Waals surface area contributed by atoms with Crippen molar-refractivity contribution >= 4 is 19.4 Å². The Morgan fingerprint density at radius 3 is 1.76 bits per heavy atom. The lowest BCUT2D eigenvalue weighted by Gasteiger charge is -2.19. The third-order valence-corrected chi connectivity index (χ3v) is 5.70. The van der Waals surface area contributed by atoms with E-state index in [0.29, 0.717) is 23.5 Å². The molecule has 1 atom stereocenters. The molecule has 2 aromatic rings. The maximum atomic E-state index is 13.4. The van der Waals surface area contributed by atoms with Crippen LogP contribution in [0.1, 0.15) is 72.1 Å². The largest absolute Gasteiger partial charge is 0.417 e. The first-order valence-electron chi connectivity index (χ1n) is 8.96. The second-order valence-corrected chi connectivity index (χ2v) is 8.58. The Balaban J connectivity index is 2.64. The number of alkyl halides is 6. The Kier molecular flexibility index (Phi) is 6.83. The van der Waals surface area contributed by atoms with E-state index in [0.717, 1.165) is 11.1 Å². The van der Waals surface area contributed by atoms with Crippen LogP contribution in [0.3, 0.4) is 0 Å². The Morgan fingerprint density at radius 2 is 1.34 bits per heavy atom. The molecule has 0 aliphatic heterocycles. The molecule has 0 aromatic heterocycles. The van der Waals surface area contributed by atoms with Crippen LogP contribution in [0.25, 0.3) is 0 Å². The summed E-state index contributed by atoms with van der Waals surface area (Å²) in [5.74, 6) is 0.0644. The average Bonchev–Trinajstić information content (AvgIpc) is 2.59. The summed E-state index contributed by atoms with van der Waals surface area (Å²) in [7, 11) is -0.852. The summed E-state index contributed by atoms with van der Waals surface area (Å²) in [5.41, 5.74) is -4.00. The third-order valence-electron chi connectivity index (χ3n) is 4.52. The van der Waals surface area contributed by atoms with Crippen LogP contribution in [0, 0.1) is 0 Å². The summed E-state index contributed by atoms with van der Waals surface area (Å²) in [6.07, 6.45) is -10.1. The molecule has 0 amide bonds. The predicted octanol–water partition coefficient (Wildman–Crippen LogP) is 7.12. The average molecular weight is 434 g/mol. The van der Waals surface area contributed by atoms with Gasteiger partial charge in [-0.1, -0.05) is 52.0 Å². The van der Waals surface area contributed by atoms with Gasteiger partial charge in [0.2, 0.25) is 0 Å². The lowest BCUT2D eigenvalue weighted by molar-refractivity contribution is -0.143. The van der Waals surface area contributed by atoms with Gasteiger partial charge in [-0.25, -0.2) is 0 Å². The van der Waals surface area contributed by atoms with Crippen LogP contribution in [0.15, 0.2) is 36.4 Å². The Hall–Kier alpha value is -1.88. The Bertz CT molecular complexity index is 865. The molecule has 0 aliphatic carbocycles. The highest BCUT2D eigenvalue weighted by molar-refractivity contribution is 7.66. The van der Waals surface area contributed by atoms with E-state index in [1.807, 2.05) is 33.8 Å². The molecule has 0 bridgehead atoms. The van der Waals surface area contributed by atoms with E-state index < -0.39 is 43.1 Å². The fraction of sp³-hybridized carbons (Fsp3) is 0.381. The van der Waals surface area contributed by atoms with Crippen LogP contribution in [-0.4, -0.2) is 5.52 Å². The fourth-order valence-corrected chi connectivity index (χ4v) is 4.39.